The standard InChI is InChI=1S/C21H19FN2O3S/c1-24(15-16-7-3-2-4-8-16)21(25)19-9-5-6-10-20(19)23-28(26,27)18-13-11-17(22)12-14-18/h2-14,25H,15H2,1H3/p-1. The number of hydrogen-bond donors (Lipinski definition) is 0. The quantitative estimate of drug-likeness (QED) is 0.728. The molecule has 0 bridgehead atoms. The van der Waals surface area contributed by atoms with E-state index < -0.39 is 15.8 Å². The van der Waals surface area contributed by atoms with E-state index in [4.69, 9.17) is 0 Å². The molecule has 0 saturated heterocycles. The van der Waals surface area contributed by atoms with E-state index in [0.717, 1.165) is 29.8 Å². The summed E-state index contributed by atoms with van der Waals surface area (Å²) in [5.41, 5.74) is 1.16. The minimum atomic E-state index is -4.08. The molecule has 0 atom stereocenters. The van der Waals surface area contributed by atoms with Crippen molar-refractivity contribution in [3.05, 3.63) is 102 Å². The van der Waals surface area contributed by atoms with Crippen LogP contribution in [0.5, 0.6) is 0 Å². The van der Waals surface area contributed by atoms with Crippen LogP contribution >= 0.6 is 0 Å². The number of nitrogens with zero attached hydrogens (tertiary/aromatic N) is 2. The molecule has 0 N–H and O–H groups in total. The van der Waals surface area contributed by atoms with Crippen molar-refractivity contribution in [1.29, 1.82) is 0 Å². The molecule has 144 valence electrons. The molecule has 28 heavy (non-hydrogen) atoms. The molecule has 0 heterocycles. The Morgan fingerprint density at radius 2 is 1.68 bits per heavy atom. The molecular formula is C21H18FN2O3S-. The molecule has 0 saturated carbocycles. The van der Waals surface area contributed by atoms with Crippen LogP contribution in [0.3, 0.4) is 0 Å². The Labute approximate surface area is 163 Å². The van der Waals surface area contributed by atoms with Crippen LogP contribution in [0.15, 0.2) is 99.7 Å². The summed E-state index contributed by atoms with van der Waals surface area (Å²) < 4.78 is 41.9. The van der Waals surface area contributed by atoms with Crippen LogP contribution in [-0.4, -0.2) is 26.1 Å². The molecule has 1 aliphatic rings. The number of benzene rings is 2. The minimum Gasteiger partial charge on any atom is -0.860 e. The third kappa shape index (κ3) is 4.55. The summed E-state index contributed by atoms with van der Waals surface area (Å²) in [6.07, 6.45) is 6.24. The van der Waals surface area contributed by atoms with E-state index in [1.54, 1.807) is 19.2 Å². The highest BCUT2D eigenvalue weighted by atomic mass is 32.2. The predicted octanol–water partition coefficient (Wildman–Crippen LogP) is 2.79. The highest BCUT2D eigenvalue weighted by Crippen LogP contribution is 2.19. The maximum atomic E-state index is 13.1. The van der Waals surface area contributed by atoms with Crippen molar-refractivity contribution < 1.29 is 17.9 Å². The molecule has 0 unspecified atom stereocenters. The van der Waals surface area contributed by atoms with Gasteiger partial charge >= 0.3 is 0 Å². The largest absolute Gasteiger partial charge is 0.860 e. The summed E-state index contributed by atoms with van der Waals surface area (Å²) in [6.45, 7) is 0.374. The van der Waals surface area contributed by atoms with Crippen LogP contribution in [0.4, 0.5) is 4.39 Å². The number of sulfonamides is 1. The molecule has 2 aromatic rings. The first kappa shape index (κ1) is 19.6. The van der Waals surface area contributed by atoms with Crippen molar-refractivity contribution in [2.45, 2.75) is 11.4 Å². The van der Waals surface area contributed by atoms with E-state index in [2.05, 4.69) is 4.40 Å². The van der Waals surface area contributed by atoms with Crippen LogP contribution in [0.25, 0.3) is 0 Å². The molecule has 0 amide bonds. The smallest absolute Gasteiger partial charge is 0.282 e. The zero-order chi connectivity index (χ0) is 20.1. The lowest BCUT2D eigenvalue weighted by atomic mass is 10.1. The molecule has 3 rings (SSSR count). The Bertz CT molecular complexity index is 1070. The number of allylic oxidation sites excluding steroid dienone is 5. The number of rotatable bonds is 5. The lowest BCUT2D eigenvalue weighted by molar-refractivity contribution is -0.332. The van der Waals surface area contributed by atoms with Gasteiger partial charge < -0.3 is 10.0 Å². The van der Waals surface area contributed by atoms with Crippen LogP contribution < -0.4 is 5.11 Å². The van der Waals surface area contributed by atoms with Gasteiger partial charge in [-0.3, -0.25) is 0 Å². The van der Waals surface area contributed by atoms with Gasteiger partial charge in [-0.15, -0.1) is 0 Å². The topological polar surface area (TPSA) is 72.8 Å². The average molecular weight is 397 g/mol. The third-order valence-corrected chi connectivity index (χ3v) is 5.38. The van der Waals surface area contributed by atoms with Gasteiger partial charge in [0.2, 0.25) is 0 Å². The Balaban J connectivity index is 1.94. The molecular weight excluding hydrogens is 379 g/mol. The summed E-state index contributed by atoms with van der Waals surface area (Å²) >= 11 is 0. The summed E-state index contributed by atoms with van der Waals surface area (Å²) in [6, 6.07) is 13.8. The second-order valence-corrected chi connectivity index (χ2v) is 7.79. The van der Waals surface area contributed by atoms with Gasteiger partial charge in [0.05, 0.1) is 10.6 Å². The molecule has 0 aliphatic heterocycles. The highest BCUT2D eigenvalue weighted by molar-refractivity contribution is 7.90. The summed E-state index contributed by atoms with van der Waals surface area (Å²) in [5, 5.41) is 12.9. The van der Waals surface area contributed by atoms with Gasteiger partial charge in [-0.05, 0) is 41.8 Å². The van der Waals surface area contributed by atoms with Crippen LogP contribution in [0.2, 0.25) is 0 Å². The zero-order valence-electron chi connectivity index (χ0n) is 15.1. The van der Waals surface area contributed by atoms with Crippen LogP contribution in [0, 0.1) is 5.82 Å². The summed E-state index contributed by atoms with van der Waals surface area (Å²) in [4.78, 5) is 1.35. The number of hydrogen-bond acceptors (Lipinski definition) is 4. The van der Waals surface area contributed by atoms with Gasteiger partial charge in [-0.25, -0.2) is 4.39 Å². The maximum absolute atomic E-state index is 13.1. The first-order valence-corrected chi connectivity index (χ1v) is 9.93. The monoisotopic (exact) mass is 397 g/mol. The SMILES string of the molecule is CN(Cc1ccccc1)C([O-])=C1C=CC=CC1=NS(=O)(=O)c1ccc(F)cc1. The molecule has 0 fully saturated rings. The summed E-state index contributed by atoms with van der Waals surface area (Å²) in [5.74, 6) is -0.894. The Hall–Kier alpha value is -3.19. The minimum absolute atomic E-state index is 0.0386. The van der Waals surface area contributed by atoms with E-state index in [0.29, 0.717) is 6.54 Å². The van der Waals surface area contributed by atoms with Crippen molar-refractivity contribution in [2.75, 3.05) is 7.05 Å². The normalized spacial score (nSPS) is 17.0. The van der Waals surface area contributed by atoms with Crippen molar-refractivity contribution in [1.82, 2.24) is 4.90 Å². The van der Waals surface area contributed by atoms with Crippen molar-refractivity contribution in [3.63, 3.8) is 0 Å². The fraction of sp³-hybridized carbons (Fsp3) is 0.0952. The van der Waals surface area contributed by atoms with Gasteiger partial charge in [0.1, 0.15) is 5.82 Å². The maximum Gasteiger partial charge on any atom is 0.282 e. The Morgan fingerprint density at radius 3 is 2.36 bits per heavy atom. The molecule has 0 radical (unpaired) electrons. The van der Waals surface area contributed by atoms with Crippen molar-refractivity contribution in [3.8, 4) is 0 Å². The highest BCUT2D eigenvalue weighted by Gasteiger charge is 2.17. The Kier molecular flexibility index (Phi) is 5.75. The van der Waals surface area contributed by atoms with Gasteiger partial charge in [0.15, 0.2) is 0 Å². The van der Waals surface area contributed by atoms with E-state index in [-0.39, 0.29) is 22.1 Å². The molecule has 5 nitrogen and oxygen atoms in total. The third-order valence-electron chi connectivity index (χ3n) is 4.07. The van der Waals surface area contributed by atoms with Gasteiger partial charge in [0, 0.05) is 19.2 Å². The van der Waals surface area contributed by atoms with Gasteiger partial charge in [-0.1, -0.05) is 48.6 Å². The first-order chi connectivity index (χ1) is 13.4. The summed E-state index contributed by atoms with van der Waals surface area (Å²) in [7, 11) is -2.44. The fourth-order valence-electron chi connectivity index (χ4n) is 2.66. The second-order valence-electron chi connectivity index (χ2n) is 6.18. The van der Waals surface area contributed by atoms with E-state index >= 15 is 0 Å². The molecule has 7 heteroatoms. The number of halogens is 1. The van der Waals surface area contributed by atoms with Crippen molar-refractivity contribution in [2.24, 2.45) is 4.40 Å². The lowest BCUT2D eigenvalue weighted by Crippen LogP contribution is -2.29. The van der Waals surface area contributed by atoms with Gasteiger partial charge in [0.25, 0.3) is 10.0 Å². The Morgan fingerprint density at radius 1 is 1.04 bits per heavy atom. The molecule has 0 aromatic heterocycles. The first-order valence-electron chi connectivity index (χ1n) is 8.49. The lowest BCUT2D eigenvalue weighted by Gasteiger charge is -2.30. The van der Waals surface area contributed by atoms with E-state index in [1.807, 2.05) is 30.3 Å². The molecule has 2 aromatic carbocycles. The zero-order valence-corrected chi connectivity index (χ0v) is 15.9. The van der Waals surface area contributed by atoms with E-state index in [1.165, 1.54) is 17.1 Å². The van der Waals surface area contributed by atoms with Crippen LogP contribution in [-0.2, 0) is 16.6 Å². The molecule has 0 spiro atoms. The molecule has 1 aliphatic carbocycles. The second kappa shape index (κ2) is 8.22. The fourth-order valence-corrected chi connectivity index (χ4v) is 3.66. The average Bonchev–Trinajstić information content (AvgIpc) is 2.68. The van der Waals surface area contributed by atoms with E-state index in [9.17, 15) is 17.9 Å². The predicted molar refractivity (Wildman–Crippen MR) is 104 cm³/mol. The van der Waals surface area contributed by atoms with Gasteiger partial charge in [-0.2, -0.15) is 12.8 Å². The van der Waals surface area contributed by atoms with Crippen molar-refractivity contribution >= 4 is 15.7 Å². The van der Waals surface area contributed by atoms with Crippen LogP contribution in [0.1, 0.15) is 5.56 Å².